The Labute approximate surface area is 220 Å². The molecule has 0 aliphatic heterocycles. The summed E-state index contributed by atoms with van der Waals surface area (Å²) in [5, 5.41) is 9.65. The summed E-state index contributed by atoms with van der Waals surface area (Å²) in [6, 6.07) is 15.7. The monoisotopic (exact) mass is 524 g/mol. The number of carbonyl (C=O) groups is 6. The molecule has 38 heavy (non-hydrogen) atoms. The lowest BCUT2D eigenvalue weighted by molar-refractivity contribution is -0.139. The number of hydrogen-bond acceptors (Lipinski definition) is 6. The van der Waals surface area contributed by atoms with E-state index in [4.69, 9.17) is 5.73 Å². The fourth-order valence-corrected chi connectivity index (χ4v) is 3.35. The molecule has 2 aromatic carbocycles. The molecule has 0 spiro atoms. The molecule has 0 saturated carbocycles. The second kappa shape index (κ2) is 14.7. The number of carbonyl (C=O) groups excluding carboxylic acids is 6. The molecule has 12 nitrogen and oxygen atoms in total. The van der Waals surface area contributed by atoms with Crippen LogP contribution < -0.4 is 27.0 Å². The number of Topliss-reactive ketones (excluding diaryl/α,β-unsaturated/α-hetero) is 1. The summed E-state index contributed by atoms with van der Waals surface area (Å²) in [4.78, 5) is 74.4. The first-order valence-corrected chi connectivity index (χ1v) is 12.0. The van der Waals surface area contributed by atoms with Gasteiger partial charge in [0.15, 0.2) is 0 Å². The van der Waals surface area contributed by atoms with Crippen LogP contribution in [0, 0.1) is 5.92 Å². The number of rotatable bonds is 13. The SMILES string of the molecule is CCN(C[C@H](C)C(=O)NCC(=O)C(=O)NCC(=O)N[C@H](C(N)=O)c1ccccc1)C(=O)Nc1ccccc1. The predicted molar refractivity (Wildman–Crippen MR) is 139 cm³/mol. The molecule has 0 aromatic heterocycles. The fraction of sp³-hybridized carbons (Fsp3) is 0.308. The first-order valence-electron chi connectivity index (χ1n) is 12.0. The first-order chi connectivity index (χ1) is 18.1. The van der Waals surface area contributed by atoms with Crippen molar-refractivity contribution in [1.29, 1.82) is 0 Å². The van der Waals surface area contributed by atoms with E-state index in [1.807, 2.05) is 6.07 Å². The van der Waals surface area contributed by atoms with Gasteiger partial charge in [0.05, 0.1) is 19.0 Å². The van der Waals surface area contributed by atoms with Gasteiger partial charge in [0.1, 0.15) is 6.04 Å². The highest BCUT2D eigenvalue weighted by atomic mass is 16.2. The number of primary amides is 1. The Kier molecular flexibility index (Phi) is 11.4. The van der Waals surface area contributed by atoms with Gasteiger partial charge in [-0.1, -0.05) is 55.5 Å². The van der Waals surface area contributed by atoms with Crippen molar-refractivity contribution in [2.45, 2.75) is 19.9 Å². The van der Waals surface area contributed by atoms with Crippen LogP contribution in [0.2, 0.25) is 0 Å². The smallest absolute Gasteiger partial charge is 0.321 e. The lowest BCUT2D eigenvalue weighted by Crippen LogP contribution is -2.47. The summed E-state index contributed by atoms with van der Waals surface area (Å²) in [6.45, 7) is 2.63. The van der Waals surface area contributed by atoms with Gasteiger partial charge < -0.3 is 31.9 Å². The quantitative estimate of drug-likeness (QED) is 0.235. The molecule has 2 aromatic rings. The number of ketones is 1. The van der Waals surface area contributed by atoms with Crippen molar-refractivity contribution in [2.75, 3.05) is 31.5 Å². The molecule has 6 amide bonds. The zero-order valence-corrected chi connectivity index (χ0v) is 21.2. The molecule has 0 aliphatic carbocycles. The van der Waals surface area contributed by atoms with Crippen molar-refractivity contribution in [3.63, 3.8) is 0 Å². The van der Waals surface area contributed by atoms with Crippen LogP contribution in [0.5, 0.6) is 0 Å². The van der Waals surface area contributed by atoms with Crippen LogP contribution in [0.1, 0.15) is 25.5 Å². The molecule has 2 atom stereocenters. The number of nitrogens with two attached hydrogens (primary N) is 1. The summed E-state index contributed by atoms with van der Waals surface area (Å²) in [7, 11) is 0. The second-order valence-corrected chi connectivity index (χ2v) is 8.37. The Balaban J connectivity index is 1.77. The molecule has 0 saturated heterocycles. The van der Waals surface area contributed by atoms with Gasteiger partial charge in [-0.15, -0.1) is 0 Å². The van der Waals surface area contributed by atoms with Crippen LogP contribution in [-0.2, 0) is 24.0 Å². The summed E-state index contributed by atoms with van der Waals surface area (Å²) in [5.41, 5.74) is 6.42. The zero-order valence-electron chi connectivity index (χ0n) is 21.2. The Morgan fingerprint density at radius 1 is 0.868 bits per heavy atom. The number of amides is 6. The number of para-hydroxylation sites is 1. The maximum Gasteiger partial charge on any atom is 0.321 e. The first kappa shape index (κ1) is 29.5. The van der Waals surface area contributed by atoms with E-state index in [0.717, 1.165) is 0 Å². The van der Waals surface area contributed by atoms with Crippen molar-refractivity contribution >= 4 is 41.1 Å². The number of benzene rings is 2. The number of hydrogen-bond donors (Lipinski definition) is 5. The Morgan fingerprint density at radius 2 is 1.47 bits per heavy atom. The van der Waals surface area contributed by atoms with Crippen LogP contribution >= 0.6 is 0 Å². The molecular formula is C26H32N6O6. The lowest BCUT2D eigenvalue weighted by atomic mass is 10.1. The van der Waals surface area contributed by atoms with Gasteiger partial charge >= 0.3 is 6.03 Å². The van der Waals surface area contributed by atoms with Crippen LogP contribution in [0.3, 0.4) is 0 Å². The second-order valence-electron chi connectivity index (χ2n) is 8.37. The number of nitrogens with zero attached hydrogens (tertiary/aromatic N) is 1. The topological polar surface area (TPSA) is 180 Å². The van der Waals surface area contributed by atoms with Crippen molar-refractivity contribution in [3.05, 3.63) is 66.2 Å². The van der Waals surface area contributed by atoms with Gasteiger partial charge in [0, 0.05) is 18.8 Å². The van der Waals surface area contributed by atoms with E-state index in [9.17, 15) is 28.8 Å². The Hall–Kier alpha value is -4.74. The summed E-state index contributed by atoms with van der Waals surface area (Å²) in [6.07, 6.45) is 0. The lowest BCUT2D eigenvalue weighted by Gasteiger charge is -2.24. The van der Waals surface area contributed by atoms with Gasteiger partial charge in [-0.05, 0) is 24.6 Å². The van der Waals surface area contributed by atoms with Gasteiger partial charge in [0.25, 0.3) is 5.91 Å². The van der Waals surface area contributed by atoms with Crippen LogP contribution in [-0.4, -0.2) is 66.5 Å². The van der Waals surface area contributed by atoms with E-state index < -0.39 is 54.5 Å². The molecule has 12 heteroatoms. The van der Waals surface area contributed by atoms with E-state index >= 15 is 0 Å². The van der Waals surface area contributed by atoms with E-state index in [1.54, 1.807) is 68.4 Å². The van der Waals surface area contributed by atoms with E-state index in [2.05, 4.69) is 21.3 Å². The molecule has 0 radical (unpaired) electrons. The molecular weight excluding hydrogens is 492 g/mol. The largest absolute Gasteiger partial charge is 0.368 e. The summed E-state index contributed by atoms with van der Waals surface area (Å²) >= 11 is 0. The molecule has 2 rings (SSSR count). The molecule has 0 aliphatic rings. The normalized spacial score (nSPS) is 11.8. The third-order valence-electron chi connectivity index (χ3n) is 5.44. The summed E-state index contributed by atoms with van der Waals surface area (Å²) in [5.74, 6) is -4.76. The number of urea groups is 1. The molecule has 0 bridgehead atoms. The molecule has 0 unspecified atom stereocenters. The highest BCUT2D eigenvalue weighted by Gasteiger charge is 2.23. The van der Waals surface area contributed by atoms with E-state index in [-0.39, 0.29) is 12.6 Å². The van der Waals surface area contributed by atoms with E-state index in [1.165, 1.54) is 4.90 Å². The van der Waals surface area contributed by atoms with Crippen molar-refractivity contribution in [2.24, 2.45) is 11.7 Å². The van der Waals surface area contributed by atoms with Crippen LogP contribution in [0.25, 0.3) is 0 Å². The van der Waals surface area contributed by atoms with Crippen molar-refractivity contribution in [3.8, 4) is 0 Å². The molecule has 202 valence electrons. The highest BCUT2D eigenvalue weighted by molar-refractivity contribution is 6.37. The van der Waals surface area contributed by atoms with Gasteiger partial charge in [0.2, 0.25) is 23.5 Å². The molecule has 6 N–H and O–H groups in total. The number of anilines is 1. The van der Waals surface area contributed by atoms with Crippen LogP contribution in [0.4, 0.5) is 10.5 Å². The van der Waals surface area contributed by atoms with Gasteiger partial charge in [-0.2, -0.15) is 0 Å². The summed E-state index contributed by atoms with van der Waals surface area (Å²) < 4.78 is 0. The fourth-order valence-electron chi connectivity index (χ4n) is 3.35. The maximum atomic E-state index is 12.5. The Bertz CT molecular complexity index is 1140. The van der Waals surface area contributed by atoms with Gasteiger partial charge in [-0.3, -0.25) is 24.0 Å². The predicted octanol–water partition coefficient (Wildman–Crippen LogP) is 0.321. The maximum absolute atomic E-state index is 12.5. The molecule has 0 fully saturated rings. The average Bonchev–Trinajstić information content (AvgIpc) is 2.92. The standard InChI is InChI=1S/C26H32N6O6/c1-3-32(26(38)30-19-12-8-5-9-13-19)16-17(2)24(36)28-14-20(33)25(37)29-15-21(34)31-22(23(27)35)18-10-6-4-7-11-18/h4-13,17,22H,3,14-16H2,1-2H3,(H2,27,35)(H,28,36)(H,29,37)(H,30,38)(H,31,34)/t17-,22-/m0/s1. The van der Waals surface area contributed by atoms with E-state index in [0.29, 0.717) is 17.8 Å². The van der Waals surface area contributed by atoms with Crippen molar-refractivity contribution in [1.82, 2.24) is 20.9 Å². The average molecular weight is 525 g/mol. The minimum Gasteiger partial charge on any atom is -0.368 e. The third-order valence-corrected chi connectivity index (χ3v) is 5.44. The highest BCUT2D eigenvalue weighted by Crippen LogP contribution is 2.11. The zero-order chi connectivity index (χ0) is 28.1. The molecule has 0 heterocycles. The third kappa shape index (κ3) is 9.37. The number of nitrogens with one attached hydrogen (secondary N) is 4. The van der Waals surface area contributed by atoms with Gasteiger partial charge in [-0.25, -0.2) is 4.79 Å². The van der Waals surface area contributed by atoms with Crippen LogP contribution in [0.15, 0.2) is 60.7 Å². The van der Waals surface area contributed by atoms with Crippen molar-refractivity contribution < 1.29 is 28.8 Å². The minimum atomic E-state index is -1.10. The minimum absolute atomic E-state index is 0.0873. The Morgan fingerprint density at radius 3 is 2.05 bits per heavy atom.